The summed E-state index contributed by atoms with van der Waals surface area (Å²) in [5.41, 5.74) is 7.66. The van der Waals surface area contributed by atoms with Crippen LogP contribution in [0, 0.1) is 0 Å². The van der Waals surface area contributed by atoms with Crippen molar-refractivity contribution in [3.8, 4) is 16.3 Å². The predicted molar refractivity (Wildman–Crippen MR) is 68.9 cm³/mol. The van der Waals surface area contributed by atoms with Gasteiger partial charge < -0.3 is 10.8 Å². The molecule has 0 aliphatic heterocycles. The van der Waals surface area contributed by atoms with Crippen LogP contribution in [0.4, 0.5) is 5.69 Å². The van der Waals surface area contributed by atoms with E-state index in [9.17, 15) is 5.11 Å². The number of anilines is 1. The average molecular weight is 243 g/mol. The molecule has 5 heteroatoms. The van der Waals surface area contributed by atoms with Crippen molar-refractivity contribution in [1.82, 2.24) is 9.97 Å². The maximum Gasteiger partial charge on any atom is 0.139 e. The van der Waals surface area contributed by atoms with Crippen molar-refractivity contribution in [1.29, 1.82) is 0 Å². The zero-order valence-corrected chi connectivity index (χ0v) is 9.61. The molecule has 0 saturated carbocycles. The molecule has 0 spiro atoms. The van der Waals surface area contributed by atoms with Crippen LogP contribution in [0.3, 0.4) is 0 Å². The van der Waals surface area contributed by atoms with E-state index in [0.717, 1.165) is 20.8 Å². The molecule has 0 aliphatic rings. The van der Waals surface area contributed by atoms with Crippen LogP contribution < -0.4 is 5.73 Å². The number of thiazole rings is 1. The Labute approximate surface area is 101 Å². The predicted octanol–water partition coefficient (Wildman–Crippen LogP) is 2.65. The van der Waals surface area contributed by atoms with Crippen LogP contribution in [-0.4, -0.2) is 15.1 Å². The van der Waals surface area contributed by atoms with Gasteiger partial charge in [-0.25, -0.2) is 4.98 Å². The highest BCUT2D eigenvalue weighted by Crippen LogP contribution is 2.32. The molecule has 1 aromatic carbocycles. The highest BCUT2D eigenvalue weighted by molar-refractivity contribution is 7.21. The topological polar surface area (TPSA) is 72.0 Å². The number of rotatable bonds is 1. The van der Waals surface area contributed by atoms with Gasteiger partial charge in [-0.1, -0.05) is 0 Å². The lowest BCUT2D eigenvalue weighted by Gasteiger charge is -2.00. The van der Waals surface area contributed by atoms with Gasteiger partial charge in [-0.3, -0.25) is 4.98 Å². The second-order valence-electron chi connectivity index (χ2n) is 3.64. The first-order valence-electron chi connectivity index (χ1n) is 5.03. The van der Waals surface area contributed by atoms with Crippen LogP contribution in [0.25, 0.3) is 20.8 Å². The number of nitrogens with zero attached hydrogens (tertiary/aromatic N) is 2. The molecule has 0 aliphatic carbocycles. The van der Waals surface area contributed by atoms with E-state index in [2.05, 4.69) is 9.97 Å². The Kier molecular flexibility index (Phi) is 2.19. The third-order valence-corrected chi connectivity index (χ3v) is 3.55. The third kappa shape index (κ3) is 1.70. The Morgan fingerprint density at radius 2 is 2.12 bits per heavy atom. The minimum Gasteiger partial charge on any atom is -0.506 e. The van der Waals surface area contributed by atoms with Crippen molar-refractivity contribution in [2.45, 2.75) is 0 Å². The maximum atomic E-state index is 9.58. The van der Waals surface area contributed by atoms with Gasteiger partial charge in [0, 0.05) is 11.8 Å². The van der Waals surface area contributed by atoms with Gasteiger partial charge in [0.15, 0.2) is 0 Å². The van der Waals surface area contributed by atoms with Crippen molar-refractivity contribution >= 4 is 27.2 Å². The van der Waals surface area contributed by atoms with E-state index in [-0.39, 0.29) is 5.75 Å². The molecular weight excluding hydrogens is 234 g/mol. The first-order chi connectivity index (χ1) is 8.24. The van der Waals surface area contributed by atoms with Crippen LogP contribution in [0.1, 0.15) is 0 Å². The van der Waals surface area contributed by atoms with E-state index in [1.54, 1.807) is 35.9 Å². The molecule has 2 aromatic heterocycles. The summed E-state index contributed by atoms with van der Waals surface area (Å²) < 4.78 is 1.08. The fourth-order valence-corrected chi connectivity index (χ4v) is 2.51. The van der Waals surface area contributed by atoms with Gasteiger partial charge in [0.25, 0.3) is 0 Å². The van der Waals surface area contributed by atoms with Crippen molar-refractivity contribution in [2.75, 3.05) is 5.73 Å². The Hall–Kier alpha value is -2.14. The molecule has 0 saturated heterocycles. The summed E-state index contributed by atoms with van der Waals surface area (Å²) in [5.74, 6) is 0.0832. The summed E-state index contributed by atoms with van der Waals surface area (Å²) in [7, 11) is 0. The molecule has 3 N–H and O–H groups in total. The molecular formula is C12H9N3OS. The number of hydrogen-bond acceptors (Lipinski definition) is 5. The highest BCUT2D eigenvalue weighted by Gasteiger charge is 2.07. The molecule has 17 heavy (non-hydrogen) atoms. The smallest absolute Gasteiger partial charge is 0.139 e. The number of benzene rings is 1. The normalized spacial score (nSPS) is 10.8. The van der Waals surface area contributed by atoms with Gasteiger partial charge in [0.05, 0.1) is 16.6 Å². The first kappa shape index (κ1) is 10.0. The van der Waals surface area contributed by atoms with E-state index < -0.39 is 0 Å². The number of aromatic hydroxyl groups is 1. The van der Waals surface area contributed by atoms with Gasteiger partial charge in [-0.15, -0.1) is 11.3 Å². The van der Waals surface area contributed by atoms with Crippen LogP contribution in [0.5, 0.6) is 5.75 Å². The van der Waals surface area contributed by atoms with Gasteiger partial charge >= 0.3 is 0 Å². The van der Waals surface area contributed by atoms with Crippen LogP contribution in [0.2, 0.25) is 0 Å². The van der Waals surface area contributed by atoms with Crippen molar-refractivity contribution in [3.63, 3.8) is 0 Å². The monoisotopic (exact) mass is 243 g/mol. The Bertz CT molecular complexity index is 660. The zero-order valence-electron chi connectivity index (χ0n) is 8.79. The lowest BCUT2D eigenvalue weighted by molar-refractivity contribution is 0.478. The second-order valence-corrected chi connectivity index (χ2v) is 4.67. The van der Waals surface area contributed by atoms with E-state index >= 15 is 0 Å². The molecule has 0 atom stereocenters. The lowest BCUT2D eigenvalue weighted by Crippen LogP contribution is -1.85. The van der Waals surface area contributed by atoms with Crippen LogP contribution >= 0.6 is 11.3 Å². The van der Waals surface area contributed by atoms with Gasteiger partial charge in [0.1, 0.15) is 16.3 Å². The summed E-state index contributed by atoms with van der Waals surface area (Å²) in [4.78, 5) is 8.48. The molecule has 4 nitrogen and oxygen atoms in total. The number of phenolic OH excluding ortho intramolecular Hbond substituents is 1. The van der Waals surface area contributed by atoms with E-state index in [4.69, 9.17) is 5.73 Å². The number of hydrogen-bond donors (Lipinski definition) is 2. The molecule has 84 valence electrons. The highest BCUT2D eigenvalue weighted by atomic mass is 32.1. The van der Waals surface area contributed by atoms with Crippen molar-refractivity contribution in [2.24, 2.45) is 0 Å². The molecule has 0 amide bonds. The lowest BCUT2D eigenvalue weighted by atomic mass is 10.2. The quantitative estimate of drug-likeness (QED) is 0.509. The summed E-state index contributed by atoms with van der Waals surface area (Å²) in [5, 5.41) is 10.4. The second kappa shape index (κ2) is 3.71. The average Bonchev–Trinajstić information content (AvgIpc) is 2.76. The van der Waals surface area contributed by atoms with E-state index in [0.29, 0.717) is 5.69 Å². The fourth-order valence-electron chi connectivity index (χ4n) is 1.58. The van der Waals surface area contributed by atoms with Gasteiger partial charge in [-0.2, -0.15) is 0 Å². The molecule has 0 radical (unpaired) electrons. The number of phenols is 1. The minimum absolute atomic E-state index is 0.0832. The number of fused-ring (bicyclic) bond motifs is 1. The van der Waals surface area contributed by atoms with Crippen molar-refractivity contribution < 1.29 is 5.11 Å². The number of nitrogen functional groups attached to an aromatic ring is 1. The van der Waals surface area contributed by atoms with Gasteiger partial charge in [0.2, 0.25) is 0 Å². The largest absolute Gasteiger partial charge is 0.506 e. The summed E-state index contributed by atoms with van der Waals surface area (Å²) in [6.45, 7) is 0. The molecule has 0 bridgehead atoms. The van der Waals surface area contributed by atoms with E-state index in [1.807, 2.05) is 12.1 Å². The van der Waals surface area contributed by atoms with E-state index in [1.165, 1.54) is 0 Å². The molecule has 0 unspecified atom stereocenters. The summed E-state index contributed by atoms with van der Waals surface area (Å²) >= 11 is 1.56. The molecule has 0 fully saturated rings. The third-order valence-electron chi connectivity index (χ3n) is 2.47. The summed E-state index contributed by atoms with van der Waals surface area (Å²) in [6, 6.07) is 7.07. The van der Waals surface area contributed by atoms with Gasteiger partial charge in [-0.05, 0) is 24.3 Å². The fraction of sp³-hybridized carbons (Fsp3) is 0. The summed E-state index contributed by atoms with van der Waals surface area (Å²) in [6.07, 6.45) is 3.47. The van der Waals surface area contributed by atoms with Crippen LogP contribution in [-0.2, 0) is 0 Å². The Morgan fingerprint density at radius 1 is 1.24 bits per heavy atom. The molecule has 3 aromatic rings. The first-order valence-corrected chi connectivity index (χ1v) is 5.85. The minimum atomic E-state index is 0.0832. The molecule has 2 heterocycles. The SMILES string of the molecule is Nc1ccc(-c2nc3cnccc3s2)cc1O. The van der Waals surface area contributed by atoms with Crippen LogP contribution in [0.15, 0.2) is 36.7 Å². The molecule has 3 rings (SSSR count). The maximum absolute atomic E-state index is 9.58. The zero-order chi connectivity index (χ0) is 11.8. The Morgan fingerprint density at radius 3 is 2.88 bits per heavy atom. The standard InChI is InChI=1S/C12H9N3OS/c13-8-2-1-7(5-10(8)16)12-15-9-6-14-4-3-11(9)17-12/h1-6,16H,13H2. The number of pyridine rings is 1. The number of aromatic nitrogens is 2. The van der Waals surface area contributed by atoms with Crippen molar-refractivity contribution in [3.05, 3.63) is 36.7 Å². The number of nitrogens with two attached hydrogens (primary N) is 1. The Balaban J connectivity index is 2.17.